The highest BCUT2D eigenvalue weighted by Gasteiger charge is 2.43. The molecule has 1 aromatic rings. The first-order valence-electron chi connectivity index (χ1n) is 5.28. The molecule has 1 atom stereocenters. The predicted molar refractivity (Wildman–Crippen MR) is 59.3 cm³/mol. The van der Waals surface area contributed by atoms with E-state index in [1.54, 1.807) is 31.0 Å². The number of hydrogen-bond donors (Lipinski definition) is 1. The van der Waals surface area contributed by atoms with Gasteiger partial charge in [0.2, 0.25) is 0 Å². The van der Waals surface area contributed by atoms with Crippen LogP contribution in [0.1, 0.15) is 19.4 Å². The van der Waals surface area contributed by atoms with E-state index in [1.165, 1.54) is 6.92 Å². The summed E-state index contributed by atoms with van der Waals surface area (Å²) < 4.78 is 6.36. The number of carbonyl (C=O) groups is 2. The van der Waals surface area contributed by atoms with E-state index in [1.807, 2.05) is 0 Å². The average Bonchev–Trinajstić information content (AvgIpc) is 2.63. The Labute approximate surface area is 99.2 Å². The van der Waals surface area contributed by atoms with Crippen molar-refractivity contribution in [2.75, 3.05) is 6.61 Å². The van der Waals surface area contributed by atoms with Crippen LogP contribution in [0.2, 0.25) is 0 Å². The van der Waals surface area contributed by atoms with E-state index in [9.17, 15) is 9.59 Å². The summed E-state index contributed by atoms with van der Waals surface area (Å²) in [4.78, 5) is 22.9. The van der Waals surface area contributed by atoms with E-state index in [4.69, 9.17) is 9.84 Å². The van der Waals surface area contributed by atoms with Crippen LogP contribution in [0.3, 0.4) is 0 Å². The SMILES string of the molecule is CCOC(=O)C(C)(Cc1cnn(C)c1)C(=O)O. The maximum atomic E-state index is 11.7. The van der Waals surface area contributed by atoms with Gasteiger partial charge in [-0.15, -0.1) is 0 Å². The third-order valence-electron chi connectivity index (χ3n) is 2.51. The number of aliphatic carboxylic acids is 1. The molecule has 17 heavy (non-hydrogen) atoms. The van der Waals surface area contributed by atoms with Crippen LogP contribution in [-0.2, 0) is 27.8 Å². The molecule has 6 nitrogen and oxygen atoms in total. The first-order chi connectivity index (χ1) is 7.90. The number of aryl methyl sites for hydroxylation is 1. The molecule has 0 aliphatic carbocycles. The van der Waals surface area contributed by atoms with Gasteiger partial charge in [-0.2, -0.15) is 5.10 Å². The molecule has 1 aromatic heterocycles. The normalized spacial score (nSPS) is 14.1. The number of nitrogens with zero attached hydrogens (tertiary/aromatic N) is 2. The fourth-order valence-corrected chi connectivity index (χ4v) is 1.50. The van der Waals surface area contributed by atoms with E-state index in [0.717, 1.165) is 0 Å². The Morgan fingerprint density at radius 3 is 2.65 bits per heavy atom. The average molecular weight is 240 g/mol. The van der Waals surface area contributed by atoms with E-state index in [-0.39, 0.29) is 13.0 Å². The van der Waals surface area contributed by atoms with Crippen LogP contribution in [0.15, 0.2) is 12.4 Å². The minimum absolute atomic E-state index is 0.0645. The molecule has 0 aliphatic heterocycles. The third-order valence-corrected chi connectivity index (χ3v) is 2.51. The summed E-state index contributed by atoms with van der Waals surface area (Å²) in [6.07, 6.45) is 3.29. The Morgan fingerprint density at radius 1 is 1.59 bits per heavy atom. The molecule has 0 amide bonds. The molecule has 94 valence electrons. The van der Waals surface area contributed by atoms with Crippen molar-refractivity contribution in [3.05, 3.63) is 18.0 Å². The smallest absolute Gasteiger partial charge is 0.323 e. The number of hydrogen-bond acceptors (Lipinski definition) is 4. The summed E-state index contributed by atoms with van der Waals surface area (Å²) >= 11 is 0. The van der Waals surface area contributed by atoms with Gasteiger partial charge in [0.15, 0.2) is 5.41 Å². The molecule has 0 saturated carbocycles. The number of carboxylic acid groups (broad SMARTS) is 1. The molecular formula is C11H16N2O4. The van der Waals surface area contributed by atoms with Gasteiger partial charge < -0.3 is 9.84 Å². The lowest BCUT2D eigenvalue weighted by molar-refractivity contribution is -0.167. The second kappa shape index (κ2) is 4.99. The Morgan fingerprint density at radius 2 is 2.24 bits per heavy atom. The van der Waals surface area contributed by atoms with Crippen LogP contribution in [0.25, 0.3) is 0 Å². The molecule has 1 rings (SSSR count). The summed E-state index contributed by atoms with van der Waals surface area (Å²) in [7, 11) is 1.73. The van der Waals surface area contributed by atoms with Crippen molar-refractivity contribution in [2.24, 2.45) is 12.5 Å². The zero-order chi connectivity index (χ0) is 13.1. The highest BCUT2D eigenvalue weighted by Crippen LogP contribution is 2.24. The van der Waals surface area contributed by atoms with Crippen molar-refractivity contribution >= 4 is 11.9 Å². The van der Waals surface area contributed by atoms with Gasteiger partial charge in [-0.1, -0.05) is 0 Å². The molecule has 0 fully saturated rings. The van der Waals surface area contributed by atoms with Crippen molar-refractivity contribution in [3.8, 4) is 0 Å². The van der Waals surface area contributed by atoms with E-state index >= 15 is 0 Å². The predicted octanol–water partition coefficient (Wildman–Crippen LogP) is 0.617. The summed E-state index contributed by atoms with van der Waals surface area (Å²) in [5.74, 6) is -1.92. The second-order valence-electron chi connectivity index (χ2n) is 4.06. The molecule has 0 aliphatic rings. The largest absolute Gasteiger partial charge is 0.480 e. The van der Waals surface area contributed by atoms with Gasteiger partial charge in [0.25, 0.3) is 0 Å². The molecule has 6 heteroatoms. The molecular weight excluding hydrogens is 224 g/mol. The van der Waals surface area contributed by atoms with Crippen LogP contribution in [0.5, 0.6) is 0 Å². The van der Waals surface area contributed by atoms with Crippen LogP contribution < -0.4 is 0 Å². The molecule has 0 radical (unpaired) electrons. The summed E-state index contributed by atoms with van der Waals surface area (Å²) in [5, 5.41) is 13.1. The van der Waals surface area contributed by atoms with Gasteiger partial charge in [0.05, 0.1) is 12.8 Å². The van der Waals surface area contributed by atoms with Crippen LogP contribution >= 0.6 is 0 Å². The van der Waals surface area contributed by atoms with Crippen molar-refractivity contribution in [3.63, 3.8) is 0 Å². The topological polar surface area (TPSA) is 81.4 Å². The maximum absolute atomic E-state index is 11.7. The molecule has 1 unspecified atom stereocenters. The van der Waals surface area contributed by atoms with E-state index in [2.05, 4.69) is 5.10 Å². The highest BCUT2D eigenvalue weighted by molar-refractivity contribution is 5.98. The van der Waals surface area contributed by atoms with Crippen LogP contribution in [0, 0.1) is 5.41 Å². The van der Waals surface area contributed by atoms with Gasteiger partial charge in [-0.3, -0.25) is 14.3 Å². The first kappa shape index (κ1) is 13.2. The number of carboxylic acids is 1. The zero-order valence-corrected chi connectivity index (χ0v) is 10.1. The Balaban J connectivity index is 2.92. The zero-order valence-electron chi connectivity index (χ0n) is 10.1. The summed E-state index contributed by atoms with van der Waals surface area (Å²) in [5.41, 5.74) is -0.885. The van der Waals surface area contributed by atoms with Crippen molar-refractivity contribution in [1.29, 1.82) is 0 Å². The summed E-state index contributed by atoms with van der Waals surface area (Å²) in [6.45, 7) is 3.17. The summed E-state index contributed by atoms with van der Waals surface area (Å²) in [6, 6.07) is 0. The van der Waals surface area contributed by atoms with Gasteiger partial charge in [-0.05, 0) is 19.4 Å². The number of ether oxygens (including phenoxy) is 1. The third kappa shape index (κ3) is 2.83. The van der Waals surface area contributed by atoms with Gasteiger partial charge in [-0.25, -0.2) is 0 Å². The Bertz CT molecular complexity index is 427. The fraction of sp³-hybridized carbons (Fsp3) is 0.545. The van der Waals surface area contributed by atoms with Crippen molar-refractivity contribution in [1.82, 2.24) is 9.78 Å². The lowest BCUT2D eigenvalue weighted by Crippen LogP contribution is -2.39. The van der Waals surface area contributed by atoms with Crippen molar-refractivity contribution < 1.29 is 19.4 Å². The molecule has 0 aromatic carbocycles. The fourth-order valence-electron chi connectivity index (χ4n) is 1.50. The quantitative estimate of drug-likeness (QED) is 0.602. The van der Waals surface area contributed by atoms with E-state index < -0.39 is 17.4 Å². The Hall–Kier alpha value is -1.85. The minimum Gasteiger partial charge on any atom is -0.480 e. The highest BCUT2D eigenvalue weighted by atomic mass is 16.5. The molecule has 1 N–H and O–H groups in total. The first-order valence-corrected chi connectivity index (χ1v) is 5.28. The molecule has 1 heterocycles. The van der Waals surface area contributed by atoms with Crippen LogP contribution in [0.4, 0.5) is 0 Å². The van der Waals surface area contributed by atoms with E-state index in [0.29, 0.717) is 5.56 Å². The number of aromatic nitrogens is 2. The van der Waals surface area contributed by atoms with Gasteiger partial charge >= 0.3 is 11.9 Å². The van der Waals surface area contributed by atoms with Gasteiger partial charge in [0.1, 0.15) is 0 Å². The minimum atomic E-state index is -1.57. The standard InChI is InChI=1S/C11H16N2O4/c1-4-17-10(16)11(2,9(14)15)5-8-6-12-13(3)7-8/h6-7H,4-5H2,1-3H3,(H,14,15). The second-order valence-corrected chi connectivity index (χ2v) is 4.06. The van der Waals surface area contributed by atoms with Crippen molar-refractivity contribution in [2.45, 2.75) is 20.3 Å². The Kier molecular flexibility index (Phi) is 3.88. The lowest BCUT2D eigenvalue weighted by atomic mass is 9.84. The monoisotopic (exact) mass is 240 g/mol. The van der Waals surface area contributed by atoms with Gasteiger partial charge in [0, 0.05) is 19.7 Å². The maximum Gasteiger partial charge on any atom is 0.323 e. The number of carbonyl (C=O) groups excluding carboxylic acids is 1. The molecule has 0 bridgehead atoms. The van der Waals surface area contributed by atoms with Crippen LogP contribution in [-0.4, -0.2) is 33.4 Å². The lowest BCUT2D eigenvalue weighted by Gasteiger charge is -2.21. The number of rotatable bonds is 5. The number of esters is 1. The molecule has 0 saturated heterocycles. The molecule has 0 spiro atoms.